The number of anilines is 1. The third-order valence-corrected chi connectivity index (χ3v) is 1.85. The Labute approximate surface area is 89.5 Å². The summed E-state index contributed by atoms with van der Waals surface area (Å²) in [6, 6.07) is 0. The van der Waals surface area contributed by atoms with E-state index in [0.717, 1.165) is 17.2 Å². The highest BCUT2D eigenvalue weighted by Gasteiger charge is 2.00. The second-order valence-corrected chi connectivity index (χ2v) is 3.21. The Morgan fingerprint density at radius 1 is 1.40 bits per heavy atom. The first-order chi connectivity index (χ1) is 7.24. The van der Waals surface area contributed by atoms with E-state index in [1.54, 1.807) is 6.20 Å². The second kappa shape index (κ2) is 6.31. The van der Waals surface area contributed by atoms with Gasteiger partial charge in [0.25, 0.3) is 0 Å². The summed E-state index contributed by atoms with van der Waals surface area (Å²) in [5.74, 6) is 0.794. The van der Waals surface area contributed by atoms with Crippen molar-refractivity contribution < 1.29 is 9.84 Å². The highest BCUT2D eigenvalue weighted by atomic mass is 16.5. The van der Waals surface area contributed by atoms with Crippen LogP contribution in [0.1, 0.15) is 11.4 Å². The average Bonchev–Trinajstić information content (AvgIpc) is 2.23. The number of ether oxygens (including phenoxy) is 1. The van der Waals surface area contributed by atoms with E-state index >= 15 is 0 Å². The molecule has 0 aliphatic carbocycles. The van der Waals surface area contributed by atoms with Crippen molar-refractivity contribution in [2.45, 2.75) is 13.8 Å². The Kier molecular flexibility index (Phi) is 5.00. The molecule has 0 spiro atoms. The summed E-state index contributed by atoms with van der Waals surface area (Å²) in [5, 5.41) is 11.6. The maximum absolute atomic E-state index is 8.50. The van der Waals surface area contributed by atoms with E-state index < -0.39 is 0 Å². The Balaban J connectivity index is 2.33. The minimum absolute atomic E-state index is 0.0588. The van der Waals surface area contributed by atoms with Gasteiger partial charge in [-0.3, -0.25) is 4.98 Å². The Morgan fingerprint density at radius 3 is 2.93 bits per heavy atom. The van der Waals surface area contributed by atoms with Crippen molar-refractivity contribution in [3.63, 3.8) is 0 Å². The van der Waals surface area contributed by atoms with E-state index in [9.17, 15) is 0 Å². The Hall–Kier alpha value is -1.20. The van der Waals surface area contributed by atoms with Crippen molar-refractivity contribution in [1.29, 1.82) is 0 Å². The predicted molar refractivity (Wildman–Crippen MR) is 57.9 cm³/mol. The number of aliphatic hydroxyl groups is 1. The molecule has 84 valence electrons. The lowest BCUT2D eigenvalue weighted by Crippen LogP contribution is -2.13. The third-order valence-electron chi connectivity index (χ3n) is 1.85. The molecule has 0 unspecified atom stereocenters. The molecular formula is C10H17N3O2. The van der Waals surface area contributed by atoms with Gasteiger partial charge in [-0.2, -0.15) is 0 Å². The molecule has 0 atom stereocenters. The minimum atomic E-state index is 0.0588. The molecule has 1 heterocycles. The van der Waals surface area contributed by atoms with Gasteiger partial charge in [-0.05, 0) is 13.8 Å². The molecule has 5 heteroatoms. The van der Waals surface area contributed by atoms with Gasteiger partial charge in [0.2, 0.25) is 0 Å². The molecule has 0 bridgehead atoms. The molecule has 15 heavy (non-hydrogen) atoms. The normalized spacial score (nSPS) is 10.3. The summed E-state index contributed by atoms with van der Waals surface area (Å²) >= 11 is 0. The van der Waals surface area contributed by atoms with Gasteiger partial charge in [-0.1, -0.05) is 0 Å². The van der Waals surface area contributed by atoms with Crippen LogP contribution < -0.4 is 5.32 Å². The van der Waals surface area contributed by atoms with Crippen molar-refractivity contribution in [1.82, 2.24) is 9.97 Å². The van der Waals surface area contributed by atoms with Gasteiger partial charge >= 0.3 is 0 Å². The molecule has 0 radical (unpaired) electrons. The number of hydrogen-bond acceptors (Lipinski definition) is 5. The number of nitrogens with zero attached hydrogens (tertiary/aromatic N) is 2. The van der Waals surface area contributed by atoms with E-state index in [-0.39, 0.29) is 6.61 Å². The standard InChI is InChI=1S/C10H17N3O2/c1-8-7-12-9(2)10(13-8)11-3-5-15-6-4-14/h7,14H,3-6H2,1-2H3,(H,11,13). The van der Waals surface area contributed by atoms with Crippen LogP contribution in [0.25, 0.3) is 0 Å². The SMILES string of the molecule is Cc1cnc(C)c(NCCOCCO)n1. The van der Waals surface area contributed by atoms with E-state index in [0.29, 0.717) is 19.8 Å². The van der Waals surface area contributed by atoms with Crippen LogP contribution in [0.5, 0.6) is 0 Å². The molecule has 0 amide bonds. The fourth-order valence-electron chi connectivity index (χ4n) is 1.11. The monoisotopic (exact) mass is 211 g/mol. The first-order valence-electron chi connectivity index (χ1n) is 4.96. The zero-order valence-corrected chi connectivity index (χ0v) is 9.16. The molecule has 1 rings (SSSR count). The Morgan fingerprint density at radius 2 is 2.20 bits per heavy atom. The lowest BCUT2D eigenvalue weighted by Gasteiger charge is -2.08. The molecule has 0 aliphatic heterocycles. The lowest BCUT2D eigenvalue weighted by molar-refractivity contribution is 0.0992. The van der Waals surface area contributed by atoms with E-state index in [4.69, 9.17) is 9.84 Å². The molecule has 1 aromatic heterocycles. The highest BCUT2D eigenvalue weighted by molar-refractivity contribution is 5.39. The van der Waals surface area contributed by atoms with Crippen molar-refractivity contribution in [2.75, 3.05) is 31.7 Å². The fourth-order valence-corrected chi connectivity index (χ4v) is 1.11. The summed E-state index contributed by atoms with van der Waals surface area (Å²) in [4.78, 5) is 8.50. The number of aromatic nitrogens is 2. The van der Waals surface area contributed by atoms with Gasteiger partial charge in [0.1, 0.15) is 5.82 Å². The maximum Gasteiger partial charge on any atom is 0.147 e. The first-order valence-corrected chi connectivity index (χ1v) is 4.96. The molecule has 0 saturated carbocycles. The summed E-state index contributed by atoms with van der Waals surface area (Å²) in [7, 11) is 0. The van der Waals surface area contributed by atoms with Gasteiger partial charge in [0, 0.05) is 12.7 Å². The van der Waals surface area contributed by atoms with E-state index in [1.165, 1.54) is 0 Å². The van der Waals surface area contributed by atoms with Crippen LogP contribution >= 0.6 is 0 Å². The van der Waals surface area contributed by atoms with Crippen molar-refractivity contribution in [3.05, 3.63) is 17.6 Å². The minimum Gasteiger partial charge on any atom is -0.394 e. The number of aliphatic hydroxyl groups excluding tert-OH is 1. The van der Waals surface area contributed by atoms with Gasteiger partial charge < -0.3 is 15.2 Å². The predicted octanol–water partition coefficient (Wildman–Crippen LogP) is 0.514. The number of nitrogens with one attached hydrogen (secondary N) is 1. The van der Waals surface area contributed by atoms with Gasteiger partial charge in [0.05, 0.1) is 31.2 Å². The van der Waals surface area contributed by atoms with Gasteiger partial charge in [0.15, 0.2) is 0 Å². The largest absolute Gasteiger partial charge is 0.394 e. The van der Waals surface area contributed by atoms with E-state index in [1.807, 2.05) is 13.8 Å². The quantitative estimate of drug-likeness (QED) is 0.671. The zero-order chi connectivity index (χ0) is 11.1. The summed E-state index contributed by atoms with van der Waals surface area (Å²) in [5.41, 5.74) is 1.77. The molecule has 0 saturated heterocycles. The summed E-state index contributed by atoms with van der Waals surface area (Å²) in [6.07, 6.45) is 1.74. The van der Waals surface area contributed by atoms with Crippen LogP contribution in [0, 0.1) is 13.8 Å². The third kappa shape index (κ3) is 4.22. The van der Waals surface area contributed by atoms with Crippen molar-refractivity contribution in [3.8, 4) is 0 Å². The fraction of sp³-hybridized carbons (Fsp3) is 0.600. The van der Waals surface area contributed by atoms with Crippen LogP contribution in [0.3, 0.4) is 0 Å². The second-order valence-electron chi connectivity index (χ2n) is 3.21. The molecular weight excluding hydrogens is 194 g/mol. The Bertz CT molecular complexity index is 305. The number of rotatable bonds is 6. The number of hydrogen-bond donors (Lipinski definition) is 2. The van der Waals surface area contributed by atoms with Crippen molar-refractivity contribution >= 4 is 5.82 Å². The van der Waals surface area contributed by atoms with Gasteiger partial charge in [-0.25, -0.2) is 4.98 Å². The molecule has 0 fully saturated rings. The zero-order valence-electron chi connectivity index (χ0n) is 9.16. The van der Waals surface area contributed by atoms with Crippen LogP contribution in [0.2, 0.25) is 0 Å². The van der Waals surface area contributed by atoms with Gasteiger partial charge in [-0.15, -0.1) is 0 Å². The first kappa shape index (κ1) is 11.9. The summed E-state index contributed by atoms with van der Waals surface area (Å²) in [6.45, 7) is 5.46. The lowest BCUT2D eigenvalue weighted by atomic mass is 10.4. The molecule has 2 N–H and O–H groups in total. The van der Waals surface area contributed by atoms with Crippen LogP contribution in [-0.2, 0) is 4.74 Å². The van der Waals surface area contributed by atoms with Crippen LogP contribution in [-0.4, -0.2) is 41.4 Å². The van der Waals surface area contributed by atoms with Crippen LogP contribution in [0.15, 0.2) is 6.20 Å². The highest BCUT2D eigenvalue weighted by Crippen LogP contribution is 2.07. The molecule has 0 aliphatic rings. The summed E-state index contributed by atoms with van der Waals surface area (Å²) < 4.78 is 5.11. The molecule has 5 nitrogen and oxygen atoms in total. The van der Waals surface area contributed by atoms with E-state index in [2.05, 4.69) is 15.3 Å². The van der Waals surface area contributed by atoms with Crippen LogP contribution in [0.4, 0.5) is 5.82 Å². The smallest absolute Gasteiger partial charge is 0.147 e. The number of aryl methyl sites for hydroxylation is 2. The molecule has 0 aromatic carbocycles. The molecule has 1 aromatic rings. The van der Waals surface area contributed by atoms with Crippen molar-refractivity contribution in [2.24, 2.45) is 0 Å². The average molecular weight is 211 g/mol. The topological polar surface area (TPSA) is 67.3 Å². The maximum atomic E-state index is 8.50.